The van der Waals surface area contributed by atoms with Crippen LogP contribution < -0.4 is 5.32 Å². The minimum absolute atomic E-state index is 0.0861. The van der Waals surface area contributed by atoms with Gasteiger partial charge in [-0.2, -0.15) is 9.64 Å². The zero-order valence-corrected chi connectivity index (χ0v) is 13.1. The molecule has 4 nitrogen and oxygen atoms in total. The van der Waals surface area contributed by atoms with Gasteiger partial charge in [0.25, 0.3) is 5.91 Å². The topological polar surface area (TPSA) is 65.8 Å². The van der Waals surface area contributed by atoms with Crippen LogP contribution in [0.5, 0.6) is 0 Å². The second-order valence-corrected chi connectivity index (χ2v) is 4.37. The molecule has 0 spiro atoms. The maximum absolute atomic E-state index is 11.8. The Bertz CT molecular complexity index is 544. The first kappa shape index (κ1) is 17.6. The van der Waals surface area contributed by atoms with Gasteiger partial charge in [0.15, 0.2) is 5.15 Å². The van der Waals surface area contributed by atoms with Crippen molar-refractivity contribution >= 4 is 40.6 Å². The van der Waals surface area contributed by atoms with Crippen molar-refractivity contribution < 1.29 is 4.79 Å². The van der Waals surface area contributed by atoms with Crippen molar-refractivity contribution in [2.24, 2.45) is 0 Å². The number of aromatic nitrogens is 1. The second-order valence-electron chi connectivity index (χ2n) is 2.86. The van der Waals surface area contributed by atoms with Crippen molar-refractivity contribution in [3.8, 4) is 6.07 Å². The number of nitrogens with one attached hydrogen (secondary N) is 1. The van der Waals surface area contributed by atoms with Gasteiger partial charge >= 0.3 is 0 Å². The summed E-state index contributed by atoms with van der Waals surface area (Å²) in [7, 11) is 0. The third kappa shape index (κ3) is 4.67. The van der Waals surface area contributed by atoms with Crippen molar-refractivity contribution in [1.29, 1.82) is 5.26 Å². The van der Waals surface area contributed by atoms with Crippen LogP contribution in [0.2, 0.25) is 10.2 Å². The molecule has 0 bridgehead atoms. The Morgan fingerprint density at radius 3 is 2.47 bits per heavy atom. The zero-order valence-electron chi connectivity index (χ0n) is 10.8. The Hall–Kier alpha value is -1.35. The van der Waals surface area contributed by atoms with E-state index in [0.29, 0.717) is 5.70 Å². The van der Waals surface area contributed by atoms with Crippen molar-refractivity contribution in [2.45, 2.75) is 20.8 Å². The van der Waals surface area contributed by atoms with Gasteiger partial charge in [-0.15, -0.1) is 0 Å². The molecule has 19 heavy (non-hydrogen) atoms. The van der Waals surface area contributed by atoms with E-state index in [0.717, 1.165) is 11.5 Å². The molecule has 0 atom stereocenters. The fraction of sp³-hybridized carbons (Fsp3) is 0.250. The van der Waals surface area contributed by atoms with E-state index < -0.39 is 5.91 Å². The Kier molecular flexibility index (Phi) is 8.08. The first-order valence-electron chi connectivity index (χ1n) is 5.39. The summed E-state index contributed by atoms with van der Waals surface area (Å²) in [5, 5.41) is 11.4. The zero-order chi connectivity index (χ0) is 15.0. The van der Waals surface area contributed by atoms with Crippen LogP contribution in [0.1, 0.15) is 30.4 Å². The number of rotatable bonds is 3. The van der Waals surface area contributed by atoms with Crippen LogP contribution in [-0.4, -0.2) is 10.3 Å². The maximum atomic E-state index is 11.8. The van der Waals surface area contributed by atoms with Gasteiger partial charge in [-0.05, 0) is 18.5 Å². The van der Waals surface area contributed by atoms with Crippen LogP contribution in [0.25, 0.3) is 0 Å². The molecule has 0 aromatic carbocycles. The smallest absolute Gasteiger partial charge is 0.268 e. The number of amides is 1. The lowest BCUT2D eigenvalue weighted by Gasteiger charge is -2.05. The lowest BCUT2D eigenvalue weighted by Crippen LogP contribution is -2.22. The Morgan fingerprint density at radius 1 is 1.53 bits per heavy atom. The number of carbonyl (C=O) groups excluding carboxylic acids is 1. The first-order valence-corrected chi connectivity index (χ1v) is 6.91. The third-order valence-corrected chi connectivity index (χ3v) is 3.60. The molecular formula is C12H13Cl2N3OS. The second kappa shape index (κ2) is 8.70. The van der Waals surface area contributed by atoms with E-state index in [2.05, 4.69) is 16.3 Å². The first-order chi connectivity index (χ1) is 9.01. The molecule has 1 aromatic heterocycles. The molecule has 0 aliphatic heterocycles. The molecule has 0 aliphatic rings. The van der Waals surface area contributed by atoms with Gasteiger partial charge < -0.3 is 5.32 Å². The van der Waals surface area contributed by atoms with Gasteiger partial charge in [-0.25, -0.2) is 0 Å². The van der Waals surface area contributed by atoms with Crippen LogP contribution in [0.3, 0.4) is 0 Å². The summed E-state index contributed by atoms with van der Waals surface area (Å²) in [6, 6.07) is 1.84. The van der Waals surface area contributed by atoms with Crippen molar-refractivity contribution in [3.63, 3.8) is 0 Å². The summed E-state index contributed by atoms with van der Waals surface area (Å²) in [4.78, 5) is 12.0. The summed E-state index contributed by atoms with van der Waals surface area (Å²) in [6.07, 6.45) is 1.57. The van der Waals surface area contributed by atoms with E-state index in [-0.39, 0.29) is 20.6 Å². The van der Waals surface area contributed by atoms with Crippen molar-refractivity contribution in [1.82, 2.24) is 9.69 Å². The van der Waals surface area contributed by atoms with Gasteiger partial charge in [0, 0.05) is 0 Å². The highest BCUT2D eigenvalue weighted by Crippen LogP contribution is 2.28. The summed E-state index contributed by atoms with van der Waals surface area (Å²) >= 11 is 12.3. The molecular weight excluding hydrogens is 305 g/mol. The lowest BCUT2D eigenvalue weighted by atomic mass is 10.2. The van der Waals surface area contributed by atoms with Gasteiger partial charge in [0.1, 0.15) is 16.0 Å². The van der Waals surface area contributed by atoms with E-state index in [1.807, 2.05) is 19.9 Å². The van der Waals surface area contributed by atoms with E-state index >= 15 is 0 Å². The number of halogens is 2. The minimum atomic E-state index is -0.469. The fourth-order valence-corrected chi connectivity index (χ4v) is 2.07. The largest absolute Gasteiger partial charge is 0.320 e. The molecule has 0 saturated carbocycles. The van der Waals surface area contributed by atoms with Gasteiger partial charge in [0.05, 0.1) is 11.3 Å². The SMILES string of the molecule is C=C(C#N)/C(=C\C)NC(=O)c1snc(Cl)c1Cl.CC. The average Bonchev–Trinajstić information content (AvgIpc) is 2.77. The monoisotopic (exact) mass is 317 g/mol. The highest BCUT2D eigenvalue weighted by Gasteiger charge is 2.18. The standard InChI is InChI=1S/C10H7Cl2N3OS.C2H6/c1-3-6(5(2)4-13)14-10(16)8-7(11)9(12)15-17-8;1-2/h3H,2H2,1H3,(H,14,16);1-2H3/b6-3+;. The van der Waals surface area contributed by atoms with Crippen LogP contribution in [0, 0.1) is 11.3 Å². The van der Waals surface area contributed by atoms with E-state index in [1.54, 1.807) is 13.0 Å². The quantitative estimate of drug-likeness (QED) is 0.671. The number of nitrogens with zero attached hydrogens (tertiary/aromatic N) is 2. The molecule has 1 rings (SSSR count). The molecule has 0 saturated heterocycles. The van der Waals surface area contributed by atoms with Gasteiger partial charge in [-0.1, -0.05) is 49.7 Å². The number of nitriles is 1. The molecule has 102 valence electrons. The minimum Gasteiger partial charge on any atom is -0.320 e. The summed E-state index contributed by atoms with van der Waals surface area (Å²) < 4.78 is 3.74. The lowest BCUT2D eigenvalue weighted by molar-refractivity contribution is 0.0971. The van der Waals surface area contributed by atoms with E-state index in [4.69, 9.17) is 28.5 Å². The predicted molar refractivity (Wildman–Crippen MR) is 79.5 cm³/mol. The molecule has 0 fully saturated rings. The predicted octanol–water partition coefficient (Wildman–Crippen LogP) is 4.19. The molecule has 1 N–H and O–H groups in total. The molecule has 7 heteroatoms. The number of hydrogen-bond acceptors (Lipinski definition) is 4. The van der Waals surface area contributed by atoms with Crippen molar-refractivity contribution in [2.75, 3.05) is 0 Å². The summed E-state index contributed by atoms with van der Waals surface area (Å²) in [5.74, 6) is -0.469. The molecule has 0 radical (unpaired) electrons. The Labute approximate surface area is 126 Å². The Balaban J connectivity index is 0.00000154. The van der Waals surface area contributed by atoms with E-state index in [9.17, 15) is 4.79 Å². The molecule has 0 aliphatic carbocycles. The number of hydrogen-bond donors (Lipinski definition) is 1. The highest BCUT2D eigenvalue weighted by atomic mass is 35.5. The normalized spacial score (nSPS) is 10.0. The summed E-state index contributed by atoms with van der Waals surface area (Å²) in [6.45, 7) is 9.18. The van der Waals surface area contributed by atoms with Crippen LogP contribution in [0.4, 0.5) is 0 Å². The van der Waals surface area contributed by atoms with Gasteiger partial charge in [-0.3, -0.25) is 4.79 Å². The highest BCUT2D eigenvalue weighted by molar-refractivity contribution is 7.09. The van der Waals surface area contributed by atoms with Gasteiger partial charge in [0.2, 0.25) is 0 Å². The average molecular weight is 318 g/mol. The third-order valence-electron chi connectivity index (χ3n) is 1.80. The van der Waals surface area contributed by atoms with Crippen LogP contribution >= 0.6 is 34.7 Å². The number of allylic oxidation sites excluding steroid dienone is 2. The molecule has 1 aromatic rings. The van der Waals surface area contributed by atoms with Crippen molar-refractivity contribution in [3.05, 3.63) is 39.0 Å². The summed E-state index contributed by atoms with van der Waals surface area (Å²) in [5.41, 5.74) is 0.491. The molecule has 0 unspecified atom stereocenters. The number of carbonyl (C=O) groups is 1. The fourth-order valence-electron chi connectivity index (χ4n) is 0.962. The van der Waals surface area contributed by atoms with E-state index in [1.165, 1.54) is 0 Å². The Morgan fingerprint density at radius 2 is 2.11 bits per heavy atom. The van der Waals surface area contributed by atoms with Crippen LogP contribution in [0.15, 0.2) is 23.9 Å². The maximum Gasteiger partial charge on any atom is 0.268 e. The molecule has 1 heterocycles. The van der Waals surface area contributed by atoms with Crippen LogP contribution in [-0.2, 0) is 0 Å². The molecule has 1 amide bonds.